The van der Waals surface area contributed by atoms with E-state index in [0.29, 0.717) is 12.1 Å². The van der Waals surface area contributed by atoms with Gasteiger partial charge in [-0.05, 0) is 31.7 Å². The molecule has 0 saturated carbocycles. The van der Waals surface area contributed by atoms with Crippen molar-refractivity contribution in [1.82, 2.24) is 5.32 Å². The van der Waals surface area contributed by atoms with Gasteiger partial charge in [-0.15, -0.1) is 0 Å². The number of nitrogens with zero attached hydrogens (tertiary/aromatic N) is 1. The van der Waals surface area contributed by atoms with E-state index in [1.54, 1.807) is 6.07 Å². The van der Waals surface area contributed by atoms with Gasteiger partial charge in [0, 0.05) is 30.9 Å². The molecule has 0 heterocycles. The molecule has 0 amide bonds. The first kappa shape index (κ1) is 14.5. The molecule has 2 rings (SSSR count). The van der Waals surface area contributed by atoms with Crippen molar-refractivity contribution in [3.8, 4) is 0 Å². The van der Waals surface area contributed by atoms with Crippen molar-refractivity contribution in [2.24, 2.45) is 0 Å². The Bertz CT molecular complexity index is 568. The predicted molar refractivity (Wildman–Crippen MR) is 82.4 cm³/mol. The third-order valence-electron chi connectivity index (χ3n) is 3.61. The summed E-state index contributed by atoms with van der Waals surface area (Å²) in [6, 6.07) is 15.4. The molecule has 0 aliphatic heterocycles. The average Bonchev–Trinajstić information content (AvgIpc) is 2.48. The summed E-state index contributed by atoms with van der Waals surface area (Å²) in [5.41, 5.74) is 3.05. The highest BCUT2D eigenvalue weighted by atomic mass is 19.1. The van der Waals surface area contributed by atoms with Gasteiger partial charge in [-0.1, -0.05) is 36.4 Å². The molecule has 0 spiro atoms. The Balaban J connectivity index is 2.26. The molecular weight excluding hydrogens is 251 g/mol. The van der Waals surface area contributed by atoms with Crippen LogP contribution in [0, 0.1) is 5.82 Å². The Morgan fingerprint density at radius 2 is 1.75 bits per heavy atom. The van der Waals surface area contributed by atoms with Crippen LogP contribution in [0.5, 0.6) is 0 Å². The number of rotatable bonds is 5. The molecule has 2 aromatic carbocycles. The third-order valence-corrected chi connectivity index (χ3v) is 3.61. The number of benzene rings is 2. The van der Waals surface area contributed by atoms with E-state index >= 15 is 0 Å². The smallest absolute Gasteiger partial charge is 0.128 e. The first-order valence-electron chi connectivity index (χ1n) is 6.84. The first-order valence-corrected chi connectivity index (χ1v) is 6.84. The lowest BCUT2D eigenvalue weighted by Gasteiger charge is -2.25. The maximum Gasteiger partial charge on any atom is 0.128 e. The second-order valence-corrected chi connectivity index (χ2v) is 5.02. The number of halogens is 1. The number of hydrogen-bond acceptors (Lipinski definition) is 2. The van der Waals surface area contributed by atoms with Crippen LogP contribution < -0.4 is 10.2 Å². The molecule has 0 aromatic heterocycles. The molecule has 1 atom stereocenters. The van der Waals surface area contributed by atoms with Crippen LogP contribution in [-0.4, -0.2) is 14.1 Å². The summed E-state index contributed by atoms with van der Waals surface area (Å²) in [6.45, 7) is 2.68. The van der Waals surface area contributed by atoms with E-state index in [1.807, 2.05) is 38.4 Å². The van der Waals surface area contributed by atoms with Crippen molar-refractivity contribution < 1.29 is 4.39 Å². The van der Waals surface area contributed by atoms with Gasteiger partial charge in [-0.2, -0.15) is 0 Å². The minimum atomic E-state index is -0.154. The summed E-state index contributed by atoms with van der Waals surface area (Å²) in [5, 5.41) is 3.25. The number of hydrogen-bond donors (Lipinski definition) is 1. The van der Waals surface area contributed by atoms with E-state index in [4.69, 9.17) is 0 Å². The van der Waals surface area contributed by atoms with Gasteiger partial charge < -0.3 is 10.2 Å². The lowest BCUT2D eigenvalue weighted by atomic mass is 10.0. The molecule has 106 valence electrons. The van der Waals surface area contributed by atoms with Crippen molar-refractivity contribution in [1.29, 1.82) is 0 Å². The van der Waals surface area contributed by atoms with E-state index in [1.165, 1.54) is 11.6 Å². The van der Waals surface area contributed by atoms with Crippen LogP contribution in [0.4, 0.5) is 10.1 Å². The van der Waals surface area contributed by atoms with E-state index in [2.05, 4.69) is 29.3 Å². The molecule has 2 aromatic rings. The zero-order valence-electron chi connectivity index (χ0n) is 12.2. The molecule has 20 heavy (non-hydrogen) atoms. The summed E-state index contributed by atoms with van der Waals surface area (Å²) in [5.74, 6) is -0.154. The van der Waals surface area contributed by atoms with Gasteiger partial charge >= 0.3 is 0 Å². The summed E-state index contributed by atoms with van der Waals surface area (Å²) in [6.07, 6.45) is 0. The fourth-order valence-electron chi connectivity index (χ4n) is 2.32. The second kappa shape index (κ2) is 6.53. The fraction of sp³-hybridized carbons (Fsp3) is 0.294. The van der Waals surface area contributed by atoms with Gasteiger partial charge in [-0.25, -0.2) is 4.39 Å². The quantitative estimate of drug-likeness (QED) is 0.892. The van der Waals surface area contributed by atoms with E-state index in [9.17, 15) is 4.39 Å². The highest BCUT2D eigenvalue weighted by Gasteiger charge is 2.13. The van der Waals surface area contributed by atoms with Crippen molar-refractivity contribution >= 4 is 5.69 Å². The van der Waals surface area contributed by atoms with Gasteiger partial charge in [0.25, 0.3) is 0 Å². The predicted octanol–water partition coefficient (Wildman–Crippen LogP) is 3.74. The SMILES string of the molecule is CNC(C)c1ccccc1N(C)Cc1ccccc1F. The van der Waals surface area contributed by atoms with Crippen molar-refractivity contribution in [3.63, 3.8) is 0 Å². The lowest BCUT2D eigenvalue weighted by molar-refractivity contribution is 0.606. The standard InChI is InChI=1S/C17H21FN2/c1-13(19-2)15-9-5-7-11-17(15)20(3)12-14-8-4-6-10-16(14)18/h4-11,13,19H,12H2,1-3H3. The molecule has 1 N–H and O–H groups in total. The van der Waals surface area contributed by atoms with Gasteiger partial charge in [0.2, 0.25) is 0 Å². The first-order chi connectivity index (χ1) is 9.63. The van der Waals surface area contributed by atoms with Crippen LogP contribution in [-0.2, 0) is 6.54 Å². The Morgan fingerprint density at radius 1 is 1.10 bits per heavy atom. The Hall–Kier alpha value is -1.87. The maximum absolute atomic E-state index is 13.8. The van der Waals surface area contributed by atoms with Crippen LogP contribution in [0.25, 0.3) is 0 Å². The summed E-state index contributed by atoms with van der Waals surface area (Å²) in [4.78, 5) is 2.08. The molecule has 0 aliphatic rings. The highest BCUT2D eigenvalue weighted by Crippen LogP contribution is 2.26. The molecular formula is C17H21FN2. The topological polar surface area (TPSA) is 15.3 Å². The minimum absolute atomic E-state index is 0.154. The van der Waals surface area contributed by atoms with E-state index in [-0.39, 0.29) is 11.9 Å². The van der Waals surface area contributed by atoms with E-state index < -0.39 is 0 Å². The van der Waals surface area contributed by atoms with Crippen LogP contribution in [0.15, 0.2) is 48.5 Å². The highest BCUT2D eigenvalue weighted by molar-refractivity contribution is 5.54. The average molecular weight is 272 g/mol. The van der Waals surface area contributed by atoms with Gasteiger partial charge in [0.05, 0.1) is 0 Å². The van der Waals surface area contributed by atoms with Crippen molar-refractivity contribution in [2.45, 2.75) is 19.5 Å². The molecule has 0 aliphatic carbocycles. The number of nitrogens with one attached hydrogen (secondary N) is 1. The monoisotopic (exact) mass is 272 g/mol. The lowest BCUT2D eigenvalue weighted by Crippen LogP contribution is -2.22. The molecule has 0 saturated heterocycles. The Morgan fingerprint density at radius 3 is 2.45 bits per heavy atom. The van der Waals surface area contributed by atoms with Gasteiger partial charge in [-0.3, -0.25) is 0 Å². The van der Waals surface area contributed by atoms with Crippen LogP contribution in [0.2, 0.25) is 0 Å². The van der Waals surface area contributed by atoms with Crippen LogP contribution in [0.1, 0.15) is 24.1 Å². The third kappa shape index (κ3) is 3.17. The fourth-order valence-corrected chi connectivity index (χ4v) is 2.32. The maximum atomic E-state index is 13.8. The molecule has 2 nitrogen and oxygen atoms in total. The number of anilines is 1. The summed E-state index contributed by atoms with van der Waals surface area (Å²) < 4.78 is 13.8. The zero-order chi connectivity index (χ0) is 14.5. The second-order valence-electron chi connectivity index (χ2n) is 5.02. The van der Waals surface area contributed by atoms with Crippen LogP contribution >= 0.6 is 0 Å². The number of para-hydroxylation sites is 1. The normalized spacial score (nSPS) is 12.2. The van der Waals surface area contributed by atoms with Gasteiger partial charge in [0.15, 0.2) is 0 Å². The molecule has 3 heteroatoms. The molecule has 0 radical (unpaired) electrons. The van der Waals surface area contributed by atoms with Crippen molar-refractivity contribution in [3.05, 3.63) is 65.5 Å². The Kier molecular flexibility index (Phi) is 4.74. The minimum Gasteiger partial charge on any atom is -0.370 e. The Labute approximate surface area is 120 Å². The van der Waals surface area contributed by atoms with E-state index in [0.717, 1.165) is 5.69 Å². The molecule has 1 unspecified atom stereocenters. The summed E-state index contributed by atoms with van der Waals surface area (Å²) >= 11 is 0. The largest absolute Gasteiger partial charge is 0.370 e. The van der Waals surface area contributed by atoms with Crippen molar-refractivity contribution in [2.75, 3.05) is 19.0 Å². The zero-order valence-corrected chi connectivity index (χ0v) is 12.2. The molecule has 0 fully saturated rings. The summed E-state index contributed by atoms with van der Waals surface area (Å²) in [7, 11) is 3.94. The van der Waals surface area contributed by atoms with Gasteiger partial charge in [0.1, 0.15) is 5.82 Å². The molecule has 0 bridgehead atoms. The van der Waals surface area contributed by atoms with Crippen LogP contribution in [0.3, 0.4) is 0 Å².